The van der Waals surface area contributed by atoms with E-state index in [1.54, 1.807) is 11.8 Å². The number of nitrogen functional groups attached to an aromatic ring is 1. The number of nitrogens with two attached hydrogens (primary N) is 1. The molecule has 1 unspecified atom stereocenters. The van der Waals surface area contributed by atoms with Gasteiger partial charge in [0.05, 0.1) is 0 Å². The van der Waals surface area contributed by atoms with E-state index in [0.29, 0.717) is 5.25 Å². The molecular formula is C11H16N2S. The molecule has 1 rings (SSSR count). The topological polar surface area (TPSA) is 49.9 Å². The zero-order valence-electron chi connectivity index (χ0n) is 8.58. The Morgan fingerprint density at radius 3 is 2.71 bits per heavy atom. The Hall–Kier alpha value is -0.960. The third-order valence-corrected chi connectivity index (χ3v) is 3.43. The lowest BCUT2D eigenvalue weighted by atomic mass is 10.2. The van der Waals surface area contributed by atoms with E-state index in [9.17, 15) is 0 Å². The molecule has 0 amide bonds. The van der Waals surface area contributed by atoms with Crippen LogP contribution in [0.4, 0.5) is 0 Å². The van der Waals surface area contributed by atoms with Gasteiger partial charge in [-0.1, -0.05) is 32.0 Å². The maximum atomic E-state index is 7.44. The van der Waals surface area contributed by atoms with E-state index >= 15 is 0 Å². The Morgan fingerprint density at radius 2 is 2.14 bits per heavy atom. The summed E-state index contributed by atoms with van der Waals surface area (Å²) in [4.78, 5) is 1.11. The highest BCUT2D eigenvalue weighted by Crippen LogP contribution is 2.27. The predicted octanol–water partition coefficient (Wildman–Crippen LogP) is 2.86. The first kappa shape index (κ1) is 11.1. The summed E-state index contributed by atoms with van der Waals surface area (Å²) in [6.07, 6.45) is 1.12. The molecule has 0 aliphatic heterocycles. The molecule has 2 nitrogen and oxygen atoms in total. The molecular weight excluding hydrogens is 192 g/mol. The highest BCUT2D eigenvalue weighted by atomic mass is 32.2. The number of benzene rings is 1. The van der Waals surface area contributed by atoms with Gasteiger partial charge in [0.15, 0.2) is 0 Å². The van der Waals surface area contributed by atoms with Crippen LogP contribution >= 0.6 is 11.8 Å². The molecule has 0 spiro atoms. The average Bonchev–Trinajstić information content (AvgIpc) is 2.18. The Kier molecular flexibility index (Phi) is 4.01. The van der Waals surface area contributed by atoms with Crippen molar-refractivity contribution in [1.29, 1.82) is 5.41 Å². The minimum atomic E-state index is 0.149. The third kappa shape index (κ3) is 2.77. The highest BCUT2D eigenvalue weighted by Gasteiger charge is 2.07. The van der Waals surface area contributed by atoms with Crippen molar-refractivity contribution in [2.45, 2.75) is 30.4 Å². The van der Waals surface area contributed by atoms with Crippen molar-refractivity contribution in [1.82, 2.24) is 0 Å². The van der Waals surface area contributed by atoms with Crippen LogP contribution < -0.4 is 5.73 Å². The molecule has 0 aliphatic carbocycles. The van der Waals surface area contributed by atoms with Gasteiger partial charge in [0.2, 0.25) is 0 Å². The maximum absolute atomic E-state index is 7.44. The molecule has 0 aliphatic rings. The zero-order valence-corrected chi connectivity index (χ0v) is 9.40. The summed E-state index contributed by atoms with van der Waals surface area (Å²) in [5, 5.41) is 8.01. The molecule has 3 heteroatoms. The van der Waals surface area contributed by atoms with E-state index in [2.05, 4.69) is 13.8 Å². The quantitative estimate of drug-likeness (QED) is 0.454. The van der Waals surface area contributed by atoms with Gasteiger partial charge in [-0.3, -0.25) is 5.41 Å². The molecule has 76 valence electrons. The van der Waals surface area contributed by atoms with Crippen molar-refractivity contribution in [2.24, 2.45) is 5.73 Å². The number of thioether (sulfide) groups is 1. The van der Waals surface area contributed by atoms with Crippen molar-refractivity contribution < 1.29 is 0 Å². The Labute approximate surface area is 89.4 Å². The minimum absolute atomic E-state index is 0.149. The van der Waals surface area contributed by atoms with Crippen molar-refractivity contribution in [3.05, 3.63) is 29.8 Å². The second-order valence-electron chi connectivity index (χ2n) is 3.25. The smallest absolute Gasteiger partial charge is 0.123 e. The first-order chi connectivity index (χ1) is 6.65. The van der Waals surface area contributed by atoms with Crippen LogP contribution in [0.1, 0.15) is 25.8 Å². The molecule has 0 aromatic heterocycles. The molecule has 0 fully saturated rings. The van der Waals surface area contributed by atoms with E-state index < -0.39 is 0 Å². The summed E-state index contributed by atoms with van der Waals surface area (Å²) >= 11 is 1.78. The van der Waals surface area contributed by atoms with Crippen molar-refractivity contribution in [3.63, 3.8) is 0 Å². The highest BCUT2D eigenvalue weighted by molar-refractivity contribution is 8.00. The Morgan fingerprint density at radius 1 is 1.50 bits per heavy atom. The van der Waals surface area contributed by atoms with E-state index in [-0.39, 0.29) is 5.84 Å². The number of hydrogen-bond donors (Lipinski definition) is 2. The lowest BCUT2D eigenvalue weighted by Crippen LogP contribution is -2.12. The van der Waals surface area contributed by atoms with Crippen LogP contribution in [0.25, 0.3) is 0 Å². The van der Waals surface area contributed by atoms with Gasteiger partial charge in [-0.25, -0.2) is 0 Å². The fraction of sp³-hybridized carbons (Fsp3) is 0.364. The SMILES string of the molecule is CCC(C)Sc1ccccc1C(=N)N. The van der Waals surface area contributed by atoms with Gasteiger partial charge in [-0.2, -0.15) is 0 Å². The minimum Gasteiger partial charge on any atom is -0.384 e. The summed E-state index contributed by atoms with van der Waals surface area (Å²) in [7, 11) is 0. The second kappa shape index (κ2) is 5.05. The van der Waals surface area contributed by atoms with Gasteiger partial charge >= 0.3 is 0 Å². The molecule has 1 aromatic rings. The Balaban J connectivity index is 2.90. The van der Waals surface area contributed by atoms with Gasteiger partial charge in [0, 0.05) is 15.7 Å². The van der Waals surface area contributed by atoms with Gasteiger partial charge < -0.3 is 5.73 Å². The number of nitrogens with one attached hydrogen (secondary N) is 1. The van der Waals surface area contributed by atoms with E-state index in [4.69, 9.17) is 11.1 Å². The molecule has 0 radical (unpaired) electrons. The van der Waals surface area contributed by atoms with Crippen molar-refractivity contribution in [2.75, 3.05) is 0 Å². The molecule has 0 bridgehead atoms. The molecule has 1 atom stereocenters. The van der Waals surface area contributed by atoms with E-state index in [1.165, 1.54) is 0 Å². The van der Waals surface area contributed by atoms with Crippen LogP contribution in [-0.4, -0.2) is 11.1 Å². The fourth-order valence-electron chi connectivity index (χ4n) is 1.09. The molecule has 0 heterocycles. The molecule has 14 heavy (non-hydrogen) atoms. The molecule has 3 N–H and O–H groups in total. The monoisotopic (exact) mass is 208 g/mol. The lowest BCUT2D eigenvalue weighted by Gasteiger charge is -2.11. The van der Waals surface area contributed by atoms with Crippen LogP contribution in [0, 0.1) is 5.41 Å². The van der Waals surface area contributed by atoms with Gasteiger partial charge in [-0.15, -0.1) is 11.8 Å². The maximum Gasteiger partial charge on any atom is 0.123 e. The average molecular weight is 208 g/mol. The molecule has 0 saturated heterocycles. The van der Waals surface area contributed by atoms with Gasteiger partial charge in [0.25, 0.3) is 0 Å². The van der Waals surface area contributed by atoms with Crippen molar-refractivity contribution >= 4 is 17.6 Å². The lowest BCUT2D eigenvalue weighted by molar-refractivity contribution is 0.905. The summed E-state index contributed by atoms with van der Waals surface area (Å²) < 4.78 is 0. The predicted molar refractivity (Wildman–Crippen MR) is 63.1 cm³/mol. The third-order valence-electron chi connectivity index (χ3n) is 2.08. The first-order valence-corrected chi connectivity index (χ1v) is 5.63. The fourth-order valence-corrected chi connectivity index (χ4v) is 2.15. The summed E-state index contributed by atoms with van der Waals surface area (Å²) in [5.74, 6) is 0.149. The summed E-state index contributed by atoms with van der Waals surface area (Å²) in [5.41, 5.74) is 6.35. The normalized spacial score (nSPS) is 12.4. The van der Waals surface area contributed by atoms with Crippen molar-refractivity contribution in [3.8, 4) is 0 Å². The van der Waals surface area contributed by atoms with Gasteiger partial charge in [-0.05, 0) is 12.5 Å². The van der Waals surface area contributed by atoms with Gasteiger partial charge in [0.1, 0.15) is 5.84 Å². The summed E-state index contributed by atoms with van der Waals surface area (Å²) in [6.45, 7) is 4.34. The van der Waals surface area contributed by atoms with Crippen LogP contribution in [0.15, 0.2) is 29.2 Å². The second-order valence-corrected chi connectivity index (χ2v) is 4.73. The van der Waals surface area contributed by atoms with Crippen LogP contribution in [-0.2, 0) is 0 Å². The van der Waals surface area contributed by atoms with Crippen LogP contribution in [0.3, 0.4) is 0 Å². The van der Waals surface area contributed by atoms with Crippen LogP contribution in [0.5, 0.6) is 0 Å². The Bertz CT molecular complexity index is 323. The zero-order chi connectivity index (χ0) is 10.6. The molecule has 0 saturated carbocycles. The van der Waals surface area contributed by atoms with Crippen LogP contribution in [0.2, 0.25) is 0 Å². The number of rotatable bonds is 4. The summed E-state index contributed by atoms with van der Waals surface area (Å²) in [6, 6.07) is 7.81. The van der Waals surface area contributed by atoms with E-state index in [0.717, 1.165) is 16.9 Å². The standard InChI is InChI=1S/C11H16N2S/c1-3-8(2)14-10-7-5-4-6-9(10)11(12)13/h4-8H,3H2,1-2H3,(H3,12,13). The number of amidine groups is 1. The first-order valence-electron chi connectivity index (χ1n) is 4.75. The van der Waals surface area contributed by atoms with E-state index in [1.807, 2.05) is 24.3 Å². The number of hydrogen-bond acceptors (Lipinski definition) is 2. The molecule has 1 aromatic carbocycles. The largest absolute Gasteiger partial charge is 0.384 e.